The van der Waals surface area contributed by atoms with Crippen LogP contribution in [0, 0.1) is 6.92 Å². The largest absolute Gasteiger partial charge is 0.346 e. The van der Waals surface area contributed by atoms with Crippen molar-refractivity contribution in [1.29, 1.82) is 0 Å². The molecule has 0 saturated carbocycles. The molecular weight excluding hydrogens is 248 g/mol. The van der Waals surface area contributed by atoms with Crippen LogP contribution in [0.5, 0.6) is 0 Å². The molecule has 20 heavy (non-hydrogen) atoms. The molecule has 98 valence electrons. The van der Waals surface area contributed by atoms with Gasteiger partial charge in [-0.1, -0.05) is 0 Å². The Bertz CT molecular complexity index is 901. The minimum Gasteiger partial charge on any atom is -0.346 e. The fraction of sp³-hybridized carbons (Fsp3) is 0.125. The van der Waals surface area contributed by atoms with E-state index in [-0.39, 0.29) is 0 Å². The lowest BCUT2D eigenvalue weighted by Gasteiger charge is -2.00. The Morgan fingerprint density at radius 3 is 2.60 bits per heavy atom. The molecule has 0 aliphatic carbocycles. The molecule has 4 aromatic rings. The van der Waals surface area contributed by atoms with Crippen LogP contribution in [0.1, 0.15) is 16.8 Å². The molecule has 0 aliphatic rings. The summed E-state index contributed by atoms with van der Waals surface area (Å²) in [6.45, 7) is 2.10. The third kappa shape index (κ3) is 1.61. The normalized spacial score (nSPS) is 11.4. The molecule has 2 N–H and O–H groups in total. The van der Waals surface area contributed by atoms with Gasteiger partial charge in [0.25, 0.3) is 0 Å². The second kappa shape index (κ2) is 4.20. The number of hydrogen-bond donors (Lipinski definition) is 2. The van der Waals surface area contributed by atoms with Crippen LogP contribution in [0.2, 0.25) is 0 Å². The Morgan fingerprint density at radius 1 is 1.00 bits per heavy atom. The van der Waals surface area contributed by atoms with Crippen LogP contribution in [0.25, 0.3) is 22.1 Å². The zero-order chi connectivity index (χ0) is 13.5. The van der Waals surface area contributed by atoms with Crippen LogP contribution in [0.4, 0.5) is 0 Å². The van der Waals surface area contributed by atoms with Gasteiger partial charge in [0.1, 0.15) is 11.3 Å². The average Bonchev–Trinajstić information content (AvgIpc) is 3.02. The molecule has 4 nitrogen and oxygen atoms in total. The lowest BCUT2D eigenvalue weighted by atomic mass is 10.0. The van der Waals surface area contributed by atoms with E-state index in [1.165, 1.54) is 27.6 Å². The maximum atomic E-state index is 4.38. The number of rotatable bonds is 2. The number of pyridine rings is 2. The summed E-state index contributed by atoms with van der Waals surface area (Å²) < 4.78 is 0. The van der Waals surface area contributed by atoms with Gasteiger partial charge in [0.15, 0.2) is 0 Å². The number of nitrogens with one attached hydrogen (secondary N) is 2. The Labute approximate surface area is 115 Å². The number of aryl methyl sites for hydroxylation is 1. The number of aromatic amines is 2. The third-order valence-electron chi connectivity index (χ3n) is 3.80. The average molecular weight is 262 g/mol. The van der Waals surface area contributed by atoms with Gasteiger partial charge in [-0.25, -0.2) is 9.97 Å². The van der Waals surface area contributed by atoms with Gasteiger partial charge in [-0.2, -0.15) is 0 Å². The summed E-state index contributed by atoms with van der Waals surface area (Å²) in [5, 5.41) is 2.38. The maximum absolute atomic E-state index is 4.38. The lowest BCUT2D eigenvalue weighted by Crippen LogP contribution is -1.88. The van der Waals surface area contributed by atoms with E-state index in [1.807, 2.05) is 30.7 Å². The van der Waals surface area contributed by atoms with Gasteiger partial charge in [0, 0.05) is 41.5 Å². The molecule has 0 radical (unpaired) electrons. The second-order valence-electron chi connectivity index (χ2n) is 5.02. The van der Waals surface area contributed by atoms with Crippen molar-refractivity contribution in [2.75, 3.05) is 0 Å². The van der Waals surface area contributed by atoms with Crippen LogP contribution in [0.15, 0.2) is 42.9 Å². The monoisotopic (exact) mass is 262 g/mol. The van der Waals surface area contributed by atoms with E-state index >= 15 is 0 Å². The van der Waals surface area contributed by atoms with Crippen LogP contribution in [0.3, 0.4) is 0 Å². The van der Waals surface area contributed by atoms with Crippen LogP contribution in [-0.2, 0) is 6.42 Å². The summed E-state index contributed by atoms with van der Waals surface area (Å²) in [6, 6.07) is 8.18. The van der Waals surface area contributed by atoms with Gasteiger partial charge in [-0.05, 0) is 42.3 Å². The van der Waals surface area contributed by atoms with Crippen molar-refractivity contribution < 1.29 is 0 Å². The van der Waals surface area contributed by atoms with E-state index in [2.05, 4.69) is 39.0 Å². The number of hydrogen-bond acceptors (Lipinski definition) is 2. The SMILES string of the molecule is Cc1[nH]c2ncccc2c1Cc1c[nH]c2ncccc12. The van der Waals surface area contributed by atoms with Crippen molar-refractivity contribution >= 4 is 22.1 Å². The minimum atomic E-state index is 0.878. The van der Waals surface area contributed by atoms with Crippen molar-refractivity contribution in [1.82, 2.24) is 19.9 Å². The first-order chi connectivity index (χ1) is 9.83. The van der Waals surface area contributed by atoms with Crippen LogP contribution < -0.4 is 0 Å². The molecule has 0 aliphatic heterocycles. The minimum absolute atomic E-state index is 0.878. The quantitative estimate of drug-likeness (QED) is 0.582. The van der Waals surface area contributed by atoms with Gasteiger partial charge in [-0.3, -0.25) is 0 Å². The van der Waals surface area contributed by atoms with Gasteiger partial charge in [0.2, 0.25) is 0 Å². The maximum Gasteiger partial charge on any atom is 0.137 e. The number of nitrogens with zero attached hydrogens (tertiary/aromatic N) is 2. The summed E-state index contributed by atoms with van der Waals surface area (Å²) in [6.07, 6.45) is 6.55. The van der Waals surface area contributed by atoms with E-state index in [0.717, 1.165) is 17.7 Å². The van der Waals surface area contributed by atoms with Crippen LogP contribution in [-0.4, -0.2) is 19.9 Å². The zero-order valence-corrected chi connectivity index (χ0v) is 11.1. The lowest BCUT2D eigenvalue weighted by molar-refractivity contribution is 1.15. The highest BCUT2D eigenvalue weighted by atomic mass is 14.9. The Balaban J connectivity index is 1.87. The predicted molar refractivity (Wildman–Crippen MR) is 79.7 cm³/mol. The summed E-state index contributed by atoms with van der Waals surface area (Å²) in [5.74, 6) is 0. The van der Waals surface area contributed by atoms with Crippen molar-refractivity contribution in [3.8, 4) is 0 Å². The standard InChI is InChI=1S/C16H14N4/c1-10-14(13-5-3-7-18-16(13)20-10)8-11-9-19-15-12(11)4-2-6-17-15/h2-7,9H,8H2,1H3,(H,17,19)(H,18,20). The van der Waals surface area contributed by atoms with Crippen molar-refractivity contribution in [2.24, 2.45) is 0 Å². The first-order valence-corrected chi connectivity index (χ1v) is 6.66. The molecule has 0 bridgehead atoms. The summed E-state index contributed by atoms with van der Waals surface area (Å²) in [7, 11) is 0. The highest BCUT2D eigenvalue weighted by molar-refractivity contribution is 5.84. The van der Waals surface area contributed by atoms with E-state index in [9.17, 15) is 0 Å². The Hall–Kier alpha value is -2.62. The molecule has 0 fully saturated rings. The summed E-state index contributed by atoms with van der Waals surface area (Å²) >= 11 is 0. The predicted octanol–water partition coefficient (Wildman–Crippen LogP) is 3.34. The number of fused-ring (bicyclic) bond motifs is 2. The second-order valence-corrected chi connectivity index (χ2v) is 5.02. The molecule has 4 rings (SSSR count). The summed E-state index contributed by atoms with van der Waals surface area (Å²) in [5.41, 5.74) is 5.65. The fourth-order valence-corrected chi connectivity index (χ4v) is 2.78. The van der Waals surface area contributed by atoms with Gasteiger partial charge >= 0.3 is 0 Å². The van der Waals surface area contributed by atoms with E-state index < -0.39 is 0 Å². The Kier molecular flexibility index (Phi) is 2.36. The molecule has 0 atom stereocenters. The molecule has 0 amide bonds. The molecule has 4 heteroatoms. The van der Waals surface area contributed by atoms with E-state index in [0.29, 0.717) is 0 Å². The molecule has 0 aromatic carbocycles. The third-order valence-corrected chi connectivity index (χ3v) is 3.80. The van der Waals surface area contributed by atoms with Crippen molar-refractivity contribution in [3.05, 3.63) is 59.7 Å². The topological polar surface area (TPSA) is 57.4 Å². The molecular formula is C16H14N4. The van der Waals surface area contributed by atoms with Gasteiger partial charge in [0.05, 0.1) is 0 Å². The highest BCUT2D eigenvalue weighted by Gasteiger charge is 2.12. The zero-order valence-electron chi connectivity index (χ0n) is 11.1. The smallest absolute Gasteiger partial charge is 0.137 e. The number of aromatic nitrogens is 4. The molecule has 0 unspecified atom stereocenters. The van der Waals surface area contributed by atoms with Crippen LogP contribution >= 0.6 is 0 Å². The molecule has 4 aromatic heterocycles. The highest BCUT2D eigenvalue weighted by Crippen LogP contribution is 2.26. The van der Waals surface area contributed by atoms with Gasteiger partial charge in [-0.15, -0.1) is 0 Å². The first kappa shape index (κ1) is 11.2. The van der Waals surface area contributed by atoms with Crippen molar-refractivity contribution in [2.45, 2.75) is 13.3 Å². The molecule has 0 saturated heterocycles. The van der Waals surface area contributed by atoms with Crippen molar-refractivity contribution in [3.63, 3.8) is 0 Å². The summed E-state index contributed by atoms with van der Waals surface area (Å²) in [4.78, 5) is 15.3. The molecule has 4 heterocycles. The molecule has 0 spiro atoms. The van der Waals surface area contributed by atoms with Gasteiger partial charge < -0.3 is 9.97 Å². The fourth-order valence-electron chi connectivity index (χ4n) is 2.78. The first-order valence-electron chi connectivity index (χ1n) is 6.66. The number of H-pyrrole nitrogens is 2. The van der Waals surface area contributed by atoms with E-state index in [1.54, 1.807) is 0 Å². The Morgan fingerprint density at radius 2 is 1.75 bits per heavy atom. The van der Waals surface area contributed by atoms with E-state index in [4.69, 9.17) is 0 Å².